The average molecular weight is 357 g/mol. The van der Waals surface area contributed by atoms with Crippen LogP contribution in [0.1, 0.15) is 9.67 Å². The number of carbonyl (C=O) groups excluding carboxylic acids is 2. The quantitative estimate of drug-likeness (QED) is 0.761. The van der Waals surface area contributed by atoms with Crippen LogP contribution in [0.25, 0.3) is 5.69 Å². The number of thiophene rings is 1. The fraction of sp³-hybridized carbons (Fsp3) is 0.111. The van der Waals surface area contributed by atoms with Crippen LogP contribution in [0.3, 0.4) is 0 Å². The van der Waals surface area contributed by atoms with Gasteiger partial charge in [-0.3, -0.25) is 9.59 Å². The van der Waals surface area contributed by atoms with Gasteiger partial charge in [-0.2, -0.15) is 0 Å². The summed E-state index contributed by atoms with van der Waals surface area (Å²) in [6.07, 6.45) is 3.72. The van der Waals surface area contributed by atoms with Crippen molar-refractivity contribution < 1.29 is 14.0 Å². The van der Waals surface area contributed by atoms with Gasteiger partial charge in [0.2, 0.25) is 5.91 Å². The van der Waals surface area contributed by atoms with Gasteiger partial charge in [-0.05, 0) is 47.8 Å². The van der Waals surface area contributed by atoms with E-state index in [9.17, 15) is 14.0 Å². The van der Waals surface area contributed by atoms with Crippen molar-refractivity contribution in [2.75, 3.05) is 18.9 Å². The van der Waals surface area contributed by atoms with Crippen LogP contribution in [0.15, 0.2) is 60.2 Å². The van der Waals surface area contributed by atoms with E-state index >= 15 is 0 Å². The molecule has 0 fully saturated rings. The molecular formula is C18H16FN3O2S. The van der Waals surface area contributed by atoms with Crippen LogP contribution in [0.2, 0.25) is 0 Å². The Balaban J connectivity index is 1.66. The summed E-state index contributed by atoms with van der Waals surface area (Å²) in [6, 6.07) is 11.1. The minimum absolute atomic E-state index is 0.0980. The molecule has 0 bridgehead atoms. The number of anilines is 1. The zero-order valence-electron chi connectivity index (χ0n) is 13.5. The summed E-state index contributed by atoms with van der Waals surface area (Å²) in [5.74, 6) is -0.949. The van der Waals surface area contributed by atoms with Crippen molar-refractivity contribution in [2.24, 2.45) is 0 Å². The van der Waals surface area contributed by atoms with Crippen molar-refractivity contribution in [3.05, 3.63) is 70.9 Å². The number of carbonyl (C=O) groups is 2. The fourth-order valence-corrected chi connectivity index (χ4v) is 3.24. The molecule has 25 heavy (non-hydrogen) atoms. The number of likely N-dealkylation sites (N-methyl/N-ethyl adjacent to an activating group) is 1. The number of nitrogens with one attached hydrogen (secondary N) is 1. The standard InChI is InChI=1S/C18H16FN3O2S/c1-21(12-16(23)20-14-6-4-13(19)5-7-14)18(24)17-15(8-11-25-17)22-9-2-3-10-22/h2-11H,12H2,1H3,(H,20,23). The maximum atomic E-state index is 12.9. The van der Waals surface area contributed by atoms with E-state index in [1.807, 2.05) is 40.5 Å². The van der Waals surface area contributed by atoms with Crippen molar-refractivity contribution in [1.29, 1.82) is 0 Å². The summed E-state index contributed by atoms with van der Waals surface area (Å²) in [5.41, 5.74) is 1.27. The molecule has 7 heteroatoms. The maximum Gasteiger partial charge on any atom is 0.266 e. The van der Waals surface area contributed by atoms with Crippen molar-refractivity contribution >= 4 is 28.8 Å². The minimum atomic E-state index is -0.375. The Morgan fingerprint density at radius 3 is 2.52 bits per heavy atom. The molecule has 0 saturated carbocycles. The molecule has 0 aliphatic heterocycles. The lowest BCUT2D eigenvalue weighted by Crippen LogP contribution is -2.34. The summed E-state index contributed by atoms with van der Waals surface area (Å²) in [7, 11) is 1.58. The van der Waals surface area contributed by atoms with E-state index in [1.165, 1.54) is 40.5 Å². The first kappa shape index (κ1) is 16.9. The Hall–Kier alpha value is -2.93. The van der Waals surface area contributed by atoms with Crippen molar-refractivity contribution in [3.8, 4) is 5.69 Å². The minimum Gasteiger partial charge on any atom is -0.332 e. The van der Waals surface area contributed by atoms with Gasteiger partial charge in [0.25, 0.3) is 5.91 Å². The molecule has 0 aliphatic carbocycles. The van der Waals surface area contributed by atoms with Gasteiger partial charge >= 0.3 is 0 Å². The first-order valence-electron chi connectivity index (χ1n) is 7.56. The molecule has 3 rings (SSSR count). The van der Waals surface area contributed by atoms with Crippen LogP contribution in [0.5, 0.6) is 0 Å². The summed E-state index contributed by atoms with van der Waals surface area (Å²) in [4.78, 5) is 26.7. The van der Waals surface area contributed by atoms with Crippen LogP contribution in [0.4, 0.5) is 10.1 Å². The molecule has 128 valence electrons. The van der Waals surface area contributed by atoms with Crippen molar-refractivity contribution in [3.63, 3.8) is 0 Å². The summed E-state index contributed by atoms with van der Waals surface area (Å²) in [5, 5.41) is 4.48. The van der Waals surface area contributed by atoms with Crippen molar-refractivity contribution in [1.82, 2.24) is 9.47 Å². The van der Waals surface area contributed by atoms with Gasteiger partial charge in [0.15, 0.2) is 0 Å². The zero-order valence-corrected chi connectivity index (χ0v) is 14.3. The summed E-state index contributed by atoms with van der Waals surface area (Å²) in [6.45, 7) is -0.0980. The molecule has 2 amide bonds. The Kier molecular flexibility index (Phi) is 4.95. The Morgan fingerprint density at radius 1 is 1.16 bits per heavy atom. The number of amides is 2. The highest BCUT2D eigenvalue weighted by atomic mass is 32.1. The van der Waals surface area contributed by atoms with E-state index in [0.717, 1.165) is 5.69 Å². The lowest BCUT2D eigenvalue weighted by molar-refractivity contribution is -0.116. The van der Waals surface area contributed by atoms with Gasteiger partial charge in [-0.15, -0.1) is 11.3 Å². The number of rotatable bonds is 5. The molecule has 0 aliphatic rings. The van der Waals surface area contributed by atoms with Crippen molar-refractivity contribution in [2.45, 2.75) is 0 Å². The first-order chi connectivity index (χ1) is 12.0. The zero-order chi connectivity index (χ0) is 17.8. The third kappa shape index (κ3) is 3.95. The fourth-order valence-electron chi connectivity index (χ4n) is 2.36. The molecule has 2 heterocycles. The van der Waals surface area contributed by atoms with E-state index in [0.29, 0.717) is 10.6 Å². The summed E-state index contributed by atoms with van der Waals surface area (Å²) >= 11 is 1.33. The number of hydrogen-bond donors (Lipinski definition) is 1. The number of aromatic nitrogens is 1. The first-order valence-corrected chi connectivity index (χ1v) is 8.44. The van der Waals surface area contributed by atoms with Gasteiger partial charge in [0.1, 0.15) is 10.7 Å². The molecule has 0 saturated heterocycles. The lowest BCUT2D eigenvalue weighted by atomic mass is 10.3. The van der Waals surface area contributed by atoms with E-state index in [-0.39, 0.29) is 24.2 Å². The highest BCUT2D eigenvalue weighted by Gasteiger charge is 2.20. The highest BCUT2D eigenvalue weighted by molar-refractivity contribution is 7.12. The number of hydrogen-bond acceptors (Lipinski definition) is 3. The topological polar surface area (TPSA) is 54.3 Å². The second-order valence-corrected chi connectivity index (χ2v) is 6.36. The molecule has 0 unspecified atom stereocenters. The number of halogens is 1. The van der Waals surface area contributed by atoms with Gasteiger partial charge < -0.3 is 14.8 Å². The molecule has 0 atom stereocenters. The maximum absolute atomic E-state index is 12.9. The highest BCUT2D eigenvalue weighted by Crippen LogP contribution is 2.22. The van der Waals surface area contributed by atoms with E-state index in [1.54, 1.807) is 7.05 Å². The smallest absolute Gasteiger partial charge is 0.266 e. The largest absolute Gasteiger partial charge is 0.332 e. The predicted octanol–water partition coefficient (Wildman–Crippen LogP) is 3.39. The normalized spacial score (nSPS) is 10.5. The Morgan fingerprint density at radius 2 is 1.84 bits per heavy atom. The van der Waals surface area contributed by atoms with Gasteiger partial charge in [0.05, 0.1) is 12.2 Å². The average Bonchev–Trinajstić information content (AvgIpc) is 3.26. The molecule has 5 nitrogen and oxygen atoms in total. The Labute approximate surface area is 148 Å². The third-order valence-corrected chi connectivity index (χ3v) is 4.47. The lowest BCUT2D eigenvalue weighted by Gasteiger charge is -2.17. The molecule has 1 aromatic carbocycles. The Bertz CT molecular complexity index is 872. The number of benzene rings is 1. The van der Waals surface area contributed by atoms with Crippen LogP contribution >= 0.6 is 11.3 Å². The third-order valence-electron chi connectivity index (χ3n) is 3.58. The SMILES string of the molecule is CN(CC(=O)Nc1ccc(F)cc1)C(=O)c1sccc1-n1cccc1. The predicted molar refractivity (Wildman–Crippen MR) is 95.6 cm³/mol. The van der Waals surface area contributed by atoms with Crippen LogP contribution < -0.4 is 5.32 Å². The molecule has 1 N–H and O–H groups in total. The van der Waals surface area contributed by atoms with E-state index in [2.05, 4.69) is 5.32 Å². The number of nitrogens with zero attached hydrogens (tertiary/aromatic N) is 2. The van der Waals surface area contributed by atoms with Crippen LogP contribution in [-0.4, -0.2) is 34.9 Å². The van der Waals surface area contributed by atoms with Crippen LogP contribution in [-0.2, 0) is 4.79 Å². The molecule has 0 spiro atoms. The molecule has 2 aromatic heterocycles. The molecule has 3 aromatic rings. The van der Waals surface area contributed by atoms with Gasteiger partial charge in [-0.25, -0.2) is 4.39 Å². The van der Waals surface area contributed by atoms with Gasteiger partial charge in [-0.1, -0.05) is 0 Å². The molecular weight excluding hydrogens is 341 g/mol. The monoisotopic (exact) mass is 357 g/mol. The van der Waals surface area contributed by atoms with Gasteiger partial charge in [0, 0.05) is 25.1 Å². The molecule has 0 radical (unpaired) electrons. The second kappa shape index (κ2) is 7.31. The second-order valence-electron chi connectivity index (χ2n) is 5.44. The van der Waals surface area contributed by atoms with Crippen LogP contribution in [0, 0.1) is 5.82 Å². The van der Waals surface area contributed by atoms with E-state index < -0.39 is 0 Å². The summed E-state index contributed by atoms with van der Waals surface area (Å²) < 4.78 is 14.7. The van der Waals surface area contributed by atoms with E-state index in [4.69, 9.17) is 0 Å².